The molecule has 8 heteroatoms. The molecule has 0 amide bonds. The lowest BCUT2D eigenvalue weighted by atomic mass is 9.92. The van der Waals surface area contributed by atoms with Gasteiger partial charge >= 0.3 is 0 Å². The Labute approximate surface area is 127 Å². The van der Waals surface area contributed by atoms with E-state index in [1.807, 2.05) is 0 Å². The Bertz CT molecular complexity index is 551. The molecule has 4 nitrogen and oxygen atoms in total. The first-order valence-electron chi connectivity index (χ1n) is 6.01. The maximum absolute atomic E-state index is 12.5. The number of nitrogens with zero attached hydrogens (tertiary/aromatic N) is 1. The molecule has 0 aromatic carbocycles. The van der Waals surface area contributed by atoms with Crippen LogP contribution in [0.2, 0.25) is 8.67 Å². The molecule has 2 rings (SSSR count). The fourth-order valence-electron chi connectivity index (χ4n) is 2.32. The normalized spacial score (nSPS) is 24.9. The Balaban J connectivity index is 2.22. The van der Waals surface area contributed by atoms with Crippen molar-refractivity contribution in [3.05, 3.63) is 14.7 Å². The van der Waals surface area contributed by atoms with Crippen LogP contribution in [0.25, 0.3) is 0 Å². The molecule has 0 saturated heterocycles. The standard InChI is InChI=1S/C11H16Cl2N2O2S2/c1-15(8-4-2-7(14)3-5-8)19(16,17)9-6-10(12)18-11(9)13/h6-8H,2-5,14H2,1H3. The van der Waals surface area contributed by atoms with Gasteiger partial charge in [-0.25, -0.2) is 8.42 Å². The minimum Gasteiger partial charge on any atom is -0.328 e. The van der Waals surface area contributed by atoms with Crippen molar-refractivity contribution < 1.29 is 8.42 Å². The van der Waals surface area contributed by atoms with E-state index in [0.29, 0.717) is 4.34 Å². The number of hydrogen-bond donors (Lipinski definition) is 1. The van der Waals surface area contributed by atoms with Crippen molar-refractivity contribution in [3.63, 3.8) is 0 Å². The fraction of sp³-hybridized carbons (Fsp3) is 0.636. The molecule has 0 unspecified atom stereocenters. The highest BCUT2D eigenvalue weighted by Gasteiger charge is 2.32. The molecular weight excluding hydrogens is 327 g/mol. The lowest BCUT2D eigenvalue weighted by Gasteiger charge is -2.32. The van der Waals surface area contributed by atoms with Crippen LogP contribution in [0.4, 0.5) is 0 Å². The summed E-state index contributed by atoms with van der Waals surface area (Å²) >= 11 is 12.8. The van der Waals surface area contributed by atoms with Crippen LogP contribution in [0.15, 0.2) is 11.0 Å². The van der Waals surface area contributed by atoms with Crippen molar-refractivity contribution in [1.82, 2.24) is 4.31 Å². The number of rotatable bonds is 3. The van der Waals surface area contributed by atoms with Crippen LogP contribution in [-0.2, 0) is 10.0 Å². The van der Waals surface area contributed by atoms with E-state index in [1.54, 1.807) is 7.05 Å². The first kappa shape index (κ1) is 15.5. The third kappa shape index (κ3) is 3.25. The smallest absolute Gasteiger partial charge is 0.245 e. The van der Waals surface area contributed by atoms with Gasteiger partial charge in [0.05, 0.1) is 4.34 Å². The van der Waals surface area contributed by atoms with E-state index >= 15 is 0 Å². The van der Waals surface area contributed by atoms with Crippen molar-refractivity contribution in [2.24, 2.45) is 5.73 Å². The highest BCUT2D eigenvalue weighted by molar-refractivity contribution is 7.89. The van der Waals surface area contributed by atoms with Gasteiger partial charge in [0.15, 0.2) is 0 Å². The molecule has 1 fully saturated rings. The Morgan fingerprint density at radius 1 is 1.32 bits per heavy atom. The Kier molecular flexibility index (Phi) is 4.80. The highest BCUT2D eigenvalue weighted by atomic mass is 35.5. The zero-order valence-corrected chi connectivity index (χ0v) is 13.6. The number of thiophene rings is 1. The summed E-state index contributed by atoms with van der Waals surface area (Å²) in [6, 6.07) is 1.58. The third-order valence-corrected chi connectivity index (χ3v) is 7.20. The van der Waals surface area contributed by atoms with Gasteiger partial charge in [0.25, 0.3) is 0 Å². The third-order valence-electron chi connectivity index (χ3n) is 3.54. The molecular formula is C11H16Cl2N2O2S2. The second-order valence-corrected chi connectivity index (χ2v) is 9.03. The molecule has 0 aliphatic heterocycles. The maximum atomic E-state index is 12.5. The number of nitrogens with two attached hydrogens (primary N) is 1. The highest BCUT2D eigenvalue weighted by Crippen LogP contribution is 2.37. The van der Waals surface area contributed by atoms with E-state index in [4.69, 9.17) is 28.9 Å². The summed E-state index contributed by atoms with van der Waals surface area (Å²) in [5.74, 6) is 0. The summed E-state index contributed by atoms with van der Waals surface area (Å²) in [5, 5.41) is 0. The maximum Gasteiger partial charge on any atom is 0.245 e. The van der Waals surface area contributed by atoms with Gasteiger partial charge in [-0.05, 0) is 31.7 Å². The molecule has 2 N–H and O–H groups in total. The molecule has 1 aliphatic carbocycles. The van der Waals surface area contributed by atoms with Gasteiger partial charge in [-0.15, -0.1) is 11.3 Å². The second-order valence-electron chi connectivity index (χ2n) is 4.78. The van der Waals surface area contributed by atoms with E-state index in [9.17, 15) is 8.42 Å². The SMILES string of the molecule is CN(C1CCC(N)CC1)S(=O)(=O)c1cc(Cl)sc1Cl. The van der Waals surface area contributed by atoms with Crippen molar-refractivity contribution >= 4 is 44.6 Å². The van der Waals surface area contributed by atoms with Crippen LogP contribution in [0, 0.1) is 0 Å². The Hall–Kier alpha value is 0.150. The predicted molar refractivity (Wildman–Crippen MR) is 79.5 cm³/mol. The lowest BCUT2D eigenvalue weighted by Crippen LogP contribution is -2.41. The number of halogens is 2. The van der Waals surface area contributed by atoms with E-state index < -0.39 is 10.0 Å². The molecule has 1 saturated carbocycles. The summed E-state index contributed by atoms with van der Waals surface area (Å²) in [6.45, 7) is 0. The summed E-state index contributed by atoms with van der Waals surface area (Å²) in [7, 11) is -1.98. The average molecular weight is 343 g/mol. The summed E-state index contributed by atoms with van der Waals surface area (Å²) in [4.78, 5) is 0.0986. The van der Waals surface area contributed by atoms with Crippen LogP contribution in [0.3, 0.4) is 0 Å². The van der Waals surface area contributed by atoms with E-state index in [-0.39, 0.29) is 21.3 Å². The fourth-order valence-corrected chi connectivity index (χ4v) is 5.84. The molecule has 1 aromatic rings. The molecule has 0 spiro atoms. The first-order valence-corrected chi connectivity index (χ1v) is 9.02. The number of sulfonamides is 1. The molecule has 1 heterocycles. The molecule has 0 radical (unpaired) electrons. The second kappa shape index (κ2) is 5.87. The van der Waals surface area contributed by atoms with Crippen LogP contribution in [-0.4, -0.2) is 31.9 Å². The monoisotopic (exact) mass is 342 g/mol. The van der Waals surface area contributed by atoms with Gasteiger partial charge in [-0.1, -0.05) is 23.2 Å². The van der Waals surface area contributed by atoms with Gasteiger partial charge < -0.3 is 5.73 Å². The van der Waals surface area contributed by atoms with E-state index in [0.717, 1.165) is 37.0 Å². The van der Waals surface area contributed by atoms with Crippen LogP contribution < -0.4 is 5.73 Å². The summed E-state index contributed by atoms with van der Waals surface area (Å²) in [5.41, 5.74) is 5.84. The topological polar surface area (TPSA) is 63.4 Å². The van der Waals surface area contributed by atoms with Crippen molar-refractivity contribution in [2.45, 2.75) is 42.7 Å². The predicted octanol–water partition coefficient (Wildman–Crippen LogP) is 2.95. The molecule has 1 aromatic heterocycles. The Morgan fingerprint density at radius 2 is 1.89 bits per heavy atom. The lowest BCUT2D eigenvalue weighted by molar-refractivity contribution is 0.269. The molecule has 0 atom stereocenters. The van der Waals surface area contributed by atoms with Crippen LogP contribution >= 0.6 is 34.5 Å². The summed E-state index contributed by atoms with van der Waals surface area (Å²) < 4.78 is 27.0. The molecule has 0 bridgehead atoms. The van der Waals surface area contributed by atoms with Gasteiger partial charge in [-0.2, -0.15) is 4.31 Å². The Morgan fingerprint density at radius 3 is 2.37 bits per heavy atom. The quantitative estimate of drug-likeness (QED) is 0.918. The van der Waals surface area contributed by atoms with Crippen molar-refractivity contribution in [3.8, 4) is 0 Å². The van der Waals surface area contributed by atoms with E-state index in [2.05, 4.69) is 0 Å². The van der Waals surface area contributed by atoms with Gasteiger partial charge in [0, 0.05) is 19.1 Å². The minimum atomic E-state index is -3.58. The minimum absolute atomic E-state index is 0.0143. The van der Waals surface area contributed by atoms with E-state index in [1.165, 1.54) is 10.4 Å². The summed E-state index contributed by atoms with van der Waals surface area (Å²) in [6.07, 6.45) is 3.27. The zero-order chi connectivity index (χ0) is 14.2. The largest absolute Gasteiger partial charge is 0.328 e. The average Bonchev–Trinajstić information content (AvgIpc) is 2.69. The molecule has 19 heavy (non-hydrogen) atoms. The van der Waals surface area contributed by atoms with Crippen molar-refractivity contribution in [1.29, 1.82) is 0 Å². The first-order chi connectivity index (χ1) is 8.82. The van der Waals surface area contributed by atoms with Crippen LogP contribution in [0.1, 0.15) is 25.7 Å². The van der Waals surface area contributed by atoms with Crippen molar-refractivity contribution in [2.75, 3.05) is 7.05 Å². The van der Waals surface area contributed by atoms with Crippen LogP contribution in [0.5, 0.6) is 0 Å². The van der Waals surface area contributed by atoms with Gasteiger partial charge in [0.1, 0.15) is 9.23 Å². The zero-order valence-electron chi connectivity index (χ0n) is 10.5. The molecule has 1 aliphatic rings. The van der Waals surface area contributed by atoms with Gasteiger partial charge in [-0.3, -0.25) is 0 Å². The molecule has 108 valence electrons. The number of hydrogen-bond acceptors (Lipinski definition) is 4. The van der Waals surface area contributed by atoms with Gasteiger partial charge in [0.2, 0.25) is 10.0 Å².